The Kier molecular flexibility index (Phi) is 6.45. The van der Waals surface area contributed by atoms with Crippen LogP contribution in [-0.2, 0) is 16.0 Å². The summed E-state index contributed by atoms with van der Waals surface area (Å²) in [6.45, 7) is 5.29. The molecule has 2 saturated heterocycles. The van der Waals surface area contributed by atoms with Crippen molar-refractivity contribution in [1.29, 1.82) is 0 Å². The molecule has 0 radical (unpaired) electrons. The quantitative estimate of drug-likeness (QED) is 0.885. The summed E-state index contributed by atoms with van der Waals surface area (Å²) in [6.07, 6.45) is 4.49. The number of rotatable bonds is 5. The molecule has 0 bridgehead atoms. The molecule has 0 spiro atoms. The Labute approximate surface area is 150 Å². The largest absolute Gasteiger partial charge is 0.355 e. The Morgan fingerprint density at radius 3 is 2.72 bits per heavy atom. The smallest absolute Gasteiger partial charge is 0.227 e. The molecule has 5 nitrogen and oxygen atoms in total. The Morgan fingerprint density at radius 2 is 1.96 bits per heavy atom. The van der Waals surface area contributed by atoms with E-state index in [1.165, 1.54) is 5.56 Å². The summed E-state index contributed by atoms with van der Waals surface area (Å²) in [5.74, 6) is 0.276. The van der Waals surface area contributed by atoms with E-state index in [1.54, 1.807) is 0 Å². The molecule has 2 amide bonds. The monoisotopic (exact) mass is 343 g/mol. The lowest BCUT2D eigenvalue weighted by molar-refractivity contribution is -0.137. The van der Waals surface area contributed by atoms with Crippen LogP contribution in [0.5, 0.6) is 0 Å². The SMILES string of the molecule is O=C1CCC(C(=O)N2CCCN(CCCc3ccccc3)CC2)CN1. The number of hydrogen-bond acceptors (Lipinski definition) is 3. The van der Waals surface area contributed by atoms with Crippen molar-refractivity contribution >= 4 is 11.8 Å². The average molecular weight is 343 g/mol. The van der Waals surface area contributed by atoms with Crippen LogP contribution >= 0.6 is 0 Å². The van der Waals surface area contributed by atoms with Crippen molar-refractivity contribution in [3.63, 3.8) is 0 Å². The molecule has 2 fully saturated rings. The van der Waals surface area contributed by atoms with Crippen molar-refractivity contribution in [2.24, 2.45) is 5.92 Å². The Balaban J connectivity index is 1.41. The van der Waals surface area contributed by atoms with Crippen LogP contribution in [-0.4, -0.2) is 60.9 Å². The molecule has 1 aromatic rings. The van der Waals surface area contributed by atoms with Gasteiger partial charge < -0.3 is 15.1 Å². The van der Waals surface area contributed by atoms with Crippen molar-refractivity contribution in [3.8, 4) is 0 Å². The lowest BCUT2D eigenvalue weighted by Gasteiger charge is -2.28. The lowest BCUT2D eigenvalue weighted by atomic mass is 9.97. The minimum absolute atomic E-state index is 0.0256. The summed E-state index contributed by atoms with van der Waals surface area (Å²) in [5.41, 5.74) is 1.40. The molecule has 1 unspecified atom stereocenters. The van der Waals surface area contributed by atoms with Crippen LogP contribution in [0.2, 0.25) is 0 Å². The zero-order valence-corrected chi connectivity index (χ0v) is 15.0. The molecule has 136 valence electrons. The first kappa shape index (κ1) is 17.9. The minimum Gasteiger partial charge on any atom is -0.355 e. The predicted molar refractivity (Wildman–Crippen MR) is 98.1 cm³/mol. The first-order valence-electron chi connectivity index (χ1n) is 9.54. The van der Waals surface area contributed by atoms with Crippen LogP contribution in [0, 0.1) is 5.92 Å². The standard InChI is InChI=1S/C20H29N3O2/c24-19-10-9-18(16-21-19)20(25)23-13-5-12-22(14-15-23)11-4-8-17-6-2-1-3-7-17/h1-3,6-7,18H,4-5,8-16H2,(H,21,24). The van der Waals surface area contributed by atoms with E-state index in [9.17, 15) is 9.59 Å². The molecule has 2 aliphatic heterocycles. The van der Waals surface area contributed by atoms with Crippen molar-refractivity contribution in [1.82, 2.24) is 15.1 Å². The number of piperidine rings is 1. The molecule has 0 aromatic heterocycles. The zero-order chi connectivity index (χ0) is 17.5. The van der Waals surface area contributed by atoms with Crippen molar-refractivity contribution < 1.29 is 9.59 Å². The maximum atomic E-state index is 12.7. The summed E-state index contributed by atoms with van der Waals surface area (Å²) in [5, 5.41) is 2.82. The summed E-state index contributed by atoms with van der Waals surface area (Å²) >= 11 is 0. The molecule has 2 aliphatic rings. The second kappa shape index (κ2) is 8.99. The van der Waals surface area contributed by atoms with Gasteiger partial charge in [-0.15, -0.1) is 0 Å². The number of carbonyl (C=O) groups is 2. The highest BCUT2D eigenvalue weighted by Crippen LogP contribution is 2.16. The van der Waals surface area contributed by atoms with Gasteiger partial charge in [0, 0.05) is 32.6 Å². The van der Waals surface area contributed by atoms with Crippen molar-refractivity contribution in [3.05, 3.63) is 35.9 Å². The normalized spacial score (nSPS) is 22.3. The van der Waals surface area contributed by atoms with Gasteiger partial charge in [0.25, 0.3) is 0 Å². The Morgan fingerprint density at radius 1 is 1.12 bits per heavy atom. The molecular formula is C20H29N3O2. The van der Waals surface area contributed by atoms with Crippen LogP contribution in [0.1, 0.15) is 31.2 Å². The van der Waals surface area contributed by atoms with Crippen molar-refractivity contribution in [2.45, 2.75) is 32.1 Å². The van der Waals surface area contributed by atoms with E-state index in [0.717, 1.165) is 52.0 Å². The topological polar surface area (TPSA) is 52.7 Å². The highest BCUT2D eigenvalue weighted by Gasteiger charge is 2.29. The van der Waals surface area contributed by atoms with Crippen LogP contribution in [0.4, 0.5) is 0 Å². The van der Waals surface area contributed by atoms with E-state index < -0.39 is 0 Å². The number of amides is 2. The van der Waals surface area contributed by atoms with Gasteiger partial charge in [-0.1, -0.05) is 30.3 Å². The fourth-order valence-corrected chi connectivity index (χ4v) is 3.77. The van der Waals surface area contributed by atoms with Crippen molar-refractivity contribution in [2.75, 3.05) is 39.3 Å². The zero-order valence-electron chi connectivity index (χ0n) is 15.0. The molecule has 25 heavy (non-hydrogen) atoms. The third kappa shape index (κ3) is 5.30. The van der Waals surface area contributed by atoms with Crippen LogP contribution in [0.15, 0.2) is 30.3 Å². The van der Waals surface area contributed by atoms with E-state index in [4.69, 9.17) is 0 Å². The fourth-order valence-electron chi connectivity index (χ4n) is 3.77. The highest BCUT2D eigenvalue weighted by molar-refractivity contribution is 5.83. The summed E-state index contributed by atoms with van der Waals surface area (Å²) in [7, 11) is 0. The van der Waals surface area contributed by atoms with E-state index >= 15 is 0 Å². The number of nitrogens with one attached hydrogen (secondary N) is 1. The molecule has 2 heterocycles. The van der Waals surface area contributed by atoms with Gasteiger partial charge in [0.15, 0.2) is 0 Å². The third-order valence-electron chi connectivity index (χ3n) is 5.30. The molecular weight excluding hydrogens is 314 g/mol. The summed E-state index contributed by atoms with van der Waals surface area (Å²) in [4.78, 5) is 28.4. The van der Waals surface area contributed by atoms with Gasteiger partial charge in [-0.05, 0) is 44.3 Å². The molecule has 5 heteroatoms. The summed E-state index contributed by atoms with van der Waals surface area (Å²) in [6, 6.07) is 10.6. The molecule has 3 rings (SSSR count). The van der Waals surface area contributed by atoms with Crippen LogP contribution in [0.25, 0.3) is 0 Å². The second-order valence-corrected chi connectivity index (χ2v) is 7.15. The Bertz CT molecular complexity index is 566. The predicted octanol–water partition coefficient (Wildman–Crippen LogP) is 1.68. The number of benzene rings is 1. The number of aryl methyl sites for hydroxylation is 1. The molecule has 0 aliphatic carbocycles. The van der Waals surface area contributed by atoms with Gasteiger partial charge in [0.1, 0.15) is 0 Å². The van der Waals surface area contributed by atoms with E-state index in [2.05, 4.69) is 40.5 Å². The third-order valence-corrected chi connectivity index (χ3v) is 5.30. The molecule has 1 atom stereocenters. The molecule has 0 saturated carbocycles. The first-order valence-corrected chi connectivity index (χ1v) is 9.54. The maximum absolute atomic E-state index is 12.7. The van der Waals surface area contributed by atoms with Gasteiger partial charge in [-0.3, -0.25) is 9.59 Å². The summed E-state index contributed by atoms with van der Waals surface area (Å²) < 4.78 is 0. The number of hydrogen-bond donors (Lipinski definition) is 1. The molecule has 1 N–H and O–H groups in total. The van der Waals surface area contributed by atoms with E-state index in [-0.39, 0.29) is 17.7 Å². The van der Waals surface area contributed by atoms with Crippen LogP contribution in [0.3, 0.4) is 0 Å². The molecule has 1 aromatic carbocycles. The van der Waals surface area contributed by atoms with Crippen LogP contribution < -0.4 is 5.32 Å². The first-order chi connectivity index (χ1) is 12.2. The van der Waals surface area contributed by atoms with E-state index in [0.29, 0.717) is 19.4 Å². The number of carbonyl (C=O) groups excluding carboxylic acids is 2. The van der Waals surface area contributed by atoms with Gasteiger partial charge >= 0.3 is 0 Å². The van der Waals surface area contributed by atoms with Gasteiger partial charge in [0.05, 0.1) is 5.92 Å². The van der Waals surface area contributed by atoms with Gasteiger partial charge in [0.2, 0.25) is 11.8 Å². The lowest BCUT2D eigenvalue weighted by Crippen LogP contribution is -2.45. The highest BCUT2D eigenvalue weighted by atomic mass is 16.2. The minimum atomic E-state index is -0.0256. The average Bonchev–Trinajstić information content (AvgIpc) is 2.88. The number of nitrogens with zero attached hydrogens (tertiary/aromatic N) is 2. The van der Waals surface area contributed by atoms with Gasteiger partial charge in [-0.2, -0.15) is 0 Å². The van der Waals surface area contributed by atoms with E-state index in [1.807, 2.05) is 4.90 Å². The second-order valence-electron chi connectivity index (χ2n) is 7.15. The maximum Gasteiger partial charge on any atom is 0.227 e. The van der Waals surface area contributed by atoms with Gasteiger partial charge in [-0.25, -0.2) is 0 Å². The Hall–Kier alpha value is -1.88. The fraction of sp³-hybridized carbons (Fsp3) is 0.600.